The van der Waals surface area contributed by atoms with Gasteiger partial charge in [-0.3, -0.25) is 14.6 Å². The summed E-state index contributed by atoms with van der Waals surface area (Å²) in [7, 11) is 3.81. The van der Waals surface area contributed by atoms with Gasteiger partial charge in [-0.1, -0.05) is 18.2 Å². The molecule has 1 aliphatic heterocycles. The number of aromatic nitrogens is 2. The summed E-state index contributed by atoms with van der Waals surface area (Å²) >= 11 is 0. The van der Waals surface area contributed by atoms with Crippen LogP contribution in [0.4, 0.5) is 5.69 Å². The topological polar surface area (TPSA) is 60.7 Å². The Morgan fingerprint density at radius 1 is 1.07 bits per heavy atom. The second-order valence-electron chi connectivity index (χ2n) is 7.64. The minimum atomic E-state index is 0. The number of nitrogens with zero attached hydrogens (tertiary/aromatic N) is 5. The fourth-order valence-electron chi connectivity index (χ4n) is 3.84. The fraction of sp³-hybridized carbons (Fsp3) is 0.545. The number of para-hydroxylation sites is 1. The van der Waals surface area contributed by atoms with Gasteiger partial charge in [-0.2, -0.15) is 5.10 Å². The largest absolute Gasteiger partial charge is 0.369 e. The van der Waals surface area contributed by atoms with Crippen molar-refractivity contribution in [3.8, 4) is 0 Å². The van der Waals surface area contributed by atoms with Crippen LogP contribution in [0.3, 0.4) is 0 Å². The van der Waals surface area contributed by atoms with E-state index in [9.17, 15) is 0 Å². The zero-order valence-corrected chi connectivity index (χ0v) is 21.0. The number of aryl methyl sites for hydroxylation is 2. The number of nitrogens with one attached hydrogen (secondary N) is 2. The summed E-state index contributed by atoms with van der Waals surface area (Å²) in [6.07, 6.45) is 1.11. The van der Waals surface area contributed by atoms with Crippen LogP contribution in [-0.4, -0.2) is 67.0 Å². The van der Waals surface area contributed by atoms with E-state index in [-0.39, 0.29) is 24.0 Å². The Morgan fingerprint density at radius 2 is 1.77 bits per heavy atom. The average Bonchev–Trinajstić information content (AvgIpc) is 3.00. The van der Waals surface area contributed by atoms with E-state index in [2.05, 4.69) is 74.7 Å². The van der Waals surface area contributed by atoms with Crippen molar-refractivity contribution >= 4 is 35.6 Å². The Kier molecular flexibility index (Phi) is 9.90. The van der Waals surface area contributed by atoms with E-state index in [1.807, 2.05) is 18.8 Å². The number of hydrogen-bond donors (Lipinski definition) is 2. The van der Waals surface area contributed by atoms with Gasteiger partial charge < -0.3 is 15.5 Å². The highest BCUT2D eigenvalue weighted by molar-refractivity contribution is 14.0. The Morgan fingerprint density at radius 3 is 2.37 bits per heavy atom. The molecule has 166 valence electrons. The molecule has 1 aromatic carbocycles. The molecule has 0 radical (unpaired) electrons. The predicted molar refractivity (Wildman–Crippen MR) is 136 cm³/mol. The fourth-order valence-corrected chi connectivity index (χ4v) is 3.84. The first kappa shape index (κ1) is 24.5. The number of aliphatic imine (C=N–C) groups is 1. The minimum Gasteiger partial charge on any atom is -0.369 e. The van der Waals surface area contributed by atoms with Gasteiger partial charge in [-0.15, -0.1) is 24.0 Å². The number of benzene rings is 1. The normalized spacial score (nSPS) is 15.1. The molecule has 1 aliphatic rings. The average molecular weight is 525 g/mol. The summed E-state index contributed by atoms with van der Waals surface area (Å²) in [5.74, 6) is 0.849. The van der Waals surface area contributed by atoms with Gasteiger partial charge in [0.25, 0.3) is 0 Å². The van der Waals surface area contributed by atoms with Crippen LogP contribution in [0, 0.1) is 13.8 Å². The molecular weight excluding hydrogens is 489 g/mol. The van der Waals surface area contributed by atoms with E-state index in [1.54, 1.807) is 0 Å². The quantitative estimate of drug-likeness (QED) is 0.252. The lowest BCUT2D eigenvalue weighted by Gasteiger charge is -2.36. The van der Waals surface area contributed by atoms with Crippen LogP contribution in [0.2, 0.25) is 0 Å². The molecule has 0 amide bonds. The first-order chi connectivity index (χ1) is 14.1. The molecule has 0 aliphatic carbocycles. The van der Waals surface area contributed by atoms with Crippen LogP contribution in [0.1, 0.15) is 23.4 Å². The lowest BCUT2D eigenvalue weighted by atomic mass is 10.2. The Labute approximate surface area is 197 Å². The van der Waals surface area contributed by atoms with E-state index < -0.39 is 0 Å². The van der Waals surface area contributed by atoms with Crippen LogP contribution < -0.4 is 15.5 Å². The number of piperazine rings is 1. The molecule has 2 aromatic rings. The van der Waals surface area contributed by atoms with Crippen molar-refractivity contribution in [1.29, 1.82) is 0 Å². The number of hydrogen-bond acceptors (Lipinski definition) is 4. The van der Waals surface area contributed by atoms with Crippen LogP contribution in [0.15, 0.2) is 35.3 Å². The molecular formula is C22H36IN7. The van der Waals surface area contributed by atoms with Gasteiger partial charge in [-0.25, -0.2) is 0 Å². The van der Waals surface area contributed by atoms with E-state index in [1.165, 1.54) is 16.9 Å². The van der Waals surface area contributed by atoms with Gasteiger partial charge in [0.15, 0.2) is 5.96 Å². The highest BCUT2D eigenvalue weighted by Gasteiger charge is 2.16. The minimum absolute atomic E-state index is 0. The number of rotatable bonds is 7. The molecule has 0 saturated carbocycles. The number of halogens is 1. The Bertz CT molecular complexity index is 795. The van der Waals surface area contributed by atoms with Gasteiger partial charge in [0, 0.05) is 70.3 Å². The van der Waals surface area contributed by atoms with Crippen molar-refractivity contribution in [2.24, 2.45) is 12.0 Å². The molecule has 1 aromatic heterocycles. The summed E-state index contributed by atoms with van der Waals surface area (Å²) in [6, 6.07) is 10.7. The van der Waals surface area contributed by atoms with Crippen molar-refractivity contribution in [2.45, 2.75) is 26.8 Å². The summed E-state index contributed by atoms with van der Waals surface area (Å²) in [6.45, 7) is 11.4. The van der Waals surface area contributed by atoms with Crippen molar-refractivity contribution in [3.05, 3.63) is 47.3 Å². The smallest absolute Gasteiger partial charge is 0.191 e. The third-order valence-electron chi connectivity index (χ3n) is 5.75. The maximum absolute atomic E-state index is 4.47. The standard InChI is InChI=1S/C22H35N7.HI/c1-18-21(19(2)27(4)26-18)17-25-22(23-3)24-11-8-12-28-13-15-29(16-14-28)20-9-6-5-7-10-20;/h5-7,9-10H,8,11-17H2,1-4H3,(H2,23,24,25);1H. The Hall–Kier alpha value is -1.81. The second-order valence-corrected chi connectivity index (χ2v) is 7.64. The molecule has 0 unspecified atom stereocenters. The van der Waals surface area contributed by atoms with Gasteiger partial charge in [0.2, 0.25) is 0 Å². The maximum atomic E-state index is 4.47. The zero-order valence-electron chi connectivity index (χ0n) is 18.7. The molecule has 1 saturated heterocycles. The highest BCUT2D eigenvalue weighted by Crippen LogP contribution is 2.15. The molecule has 1 fully saturated rings. The molecule has 0 bridgehead atoms. The summed E-state index contributed by atoms with van der Waals surface area (Å²) in [5, 5.41) is 11.3. The molecule has 0 spiro atoms. The first-order valence-corrected chi connectivity index (χ1v) is 10.5. The van der Waals surface area contributed by atoms with Crippen LogP contribution in [-0.2, 0) is 13.6 Å². The summed E-state index contributed by atoms with van der Waals surface area (Å²) < 4.78 is 1.93. The number of anilines is 1. The van der Waals surface area contributed by atoms with Gasteiger partial charge in [-0.05, 0) is 38.9 Å². The van der Waals surface area contributed by atoms with Crippen LogP contribution in [0.5, 0.6) is 0 Å². The van der Waals surface area contributed by atoms with Crippen molar-refractivity contribution in [2.75, 3.05) is 51.2 Å². The van der Waals surface area contributed by atoms with E-state index in [4.69, 9.17) is 0 Å². The van der Waals surface area contributed by atoms with Crippen LogP contribution in [0.25, 0.3) is 0 Å². The second kappa shape index (κ2) is 12.1. The van der Waals surface area contributed by atoms with Crippen LogP contribution >= 0.6 is 24.0 Å². The number of guanidine groups is 1. The molecule has 8 heteroatoms. The molecule has 7 nitrogen and oxygen atoms in total. The molecule has 3 rings (SSSR count). The zero-order chi connectivity index (χ0) is 20.6. The summed E-state index contributed by atoms with van der Waals surface area (Å²) in [5.41, 5.74) is 4.84. The lowest BCUT2D eigenvalue weighted by Crippen LogP contribution is -2.47. The van der Waals surface area contributed by atoms with Gasteiger partial charge in [0.05, 0.1) is 5.69 Å². The molecule has 2 N–H and O–H groups in total. The SMILES string of the molecule is CN=C(NCCCN1CCN(c2ccccc2)CC1)NCc1c(C)nn(C)c1C.I. The maximum Gasteiger partial charge on any atom is 0.191 e. The molecule has 0 atom stereocenters. The summed E-state index contributed by atoms with van der Waals surface area (Å²) in [4.78, 5) is 9.37. The first-order valence-electron chi connectivity index (χ1n) is 10.5. The predicted octanol–water partition coefficient (Wildman–Crippen LogP) is 2.53. The molecule has 2 heterocycles. The van der Waals surface area contributed by atoms with E-state index in [0.29, 0.717) is 0 Å². The van der Waals surface area contributed by atoms with E-state index >= 15 is 0 Å². The third kappa shape index (κ3) is 6.60. The third-order valence-corrected chi connectivity index (χ3v) is 5.75. The lowest BCUT2D eigenvalue weighted by molar-refractivity contribution is 0.255. The van der Waals surface area contributed by atoms with E-state index in [0.717, 1.165) is 63.9 Å². The van der Waals surface area contributed by atoms with Crippen molar-refractivity contribution in [3.63, 3.8) is 0 Å². The highest BCUT2D eigenvalue weighted by atomic mass is 127. The Balaban J connectivity index is 0.00000320. The van der Waals surface area contributed by atoms with Crippen molar-refractivity contribution < 1.29 is 0 Å². The monoisotopic (exact) mass is 525 g/mol. The molecule has 30 heavy (non-hydrogen) atoms. The van der Waals surface area contributed by atoms with Gasteiger partial charge in [0.1, 0.15) is 0 Å². The van der Waals surface area contributed by atoms with Crippen molar-refractivity contribution in [1.82, 2.24) is 25.3 Å². The van der Waals surface area contributed by atoms with Gasteiger partial charge >= 0.3 is 0 Å².